The molecule has 3 aromatic rings. The number of nitrogens with one attached hydrogen (secondary N) is 1. The van der Waals surface area contributed by atoms with Crippen LogP contribution in [0.1, 0.15) is 17.0 Å². The van der Waals surface area contributed by atoms with E-state index in [2.05, 4.69) is 20.5 Å². The number of thioether (sulfide) groups is 1. The molecule has 1 heterocycles. The van der Waals surface area contributed by atoms with Crippen LogP contribution >= 0.6 is 11.8 Å². The van der Waals surface area contributed by atoms with Crippen molar-refractivity contribution in [2.24, 2.45) is 5.10 Å². The van der Waals surface area contributed by atoms with Crippen LogP contribution < -0.4 is 10.2 Å². The molecular weight excluding hydrogens is 372 g/mol. The molecule has 0 saturated carbocycles. The van der Waals surface area contributed by atoms with Crippen LogP contribution in [0.5, 0.6) is 11.5 Å². The van der Waals surface area contributed by atoms with Gasteiger partial charge >= 0.3 is 0 Å². The second kappa shape index (κ2) is 9.66. The summed E-state index contributed by atoms with van der Waals surface area (Å²) in [6.07, 6.45) is 1.58. The van der Waals surface area contributed by atoms with Crippen molar-refractivity contribution in [3.63, 3.8) is 0 Å². The number of aryl methyl sites for hydroxylation is 2. The van der Waals surface area contributed by atoms with E-state index in [0.29, 0.717) is 10.9 Å². The molecule has 0 radical (unpaired) electrons. The first-order chi connectivity index (χ1) is 13.6. The molecule has 1 amide bonds. The second-order valence-electron chi connectivity index (χ2n) is 6.00. The highest BCUT2D eigenvalue weighted by Crippen LogP contribution is 2.21. The third-order valence-electron chi connectivity index (χ3n) is 3.53. The summed E-state index contributed by atoms with van der Waals surface area (Å²) in [5.74, 6) is 1.43. The number of ether oxygens (including phenoxy) is 1. The minimum Gasteiger partial charge on any atom is -0.457 e. The normalized spacial score (nSPS) is 10.8. The Balaban J connectivity index is 1.51. The van der Waals surface area contributed by atoms with Crippen molar-refractivity contribution in [1.29, 1.82) is 0 Å². The fraction of sp³-hybridized carbons (Fsp3) is 0.143. The Morgan fingerprint density at radius 2 is 1.75 bits per heavy atom. The first-order valence-electron chi connectivity index (χ1n) is 8.68. The molecule has 0 aliphatic rings. The van der Waals surface area contributed by atoms with Crippen molar-refractivity contribution in [2.75, 3.05) is 5.75 Å². The Kier molecular flexibility index (Phi) is 6.75. The number of carbonyl (C=O) groups excluding carboxylic acids is 1. The summed E-state index contributed by atoms with van der Waals surface area (Å²) in [4.78, 5) is 20.6. The fourth-order valence-corrected chi connectivity index (χ4v) is 3.12. The van der Waals surface area contributed by atoms with E-state index in [0.717, 1.165) is 22.7 Å². The average Bonchev–Trinajstić information content (AvgIpc) is 2.67. The molecule has 0 unspecified atom stereocenters. The molecule has 2 aromatic carbocycles. The SMILES string of the molecule is Cc1cc(C)nc(SCC(=O)NN=Cc2cccc(Oc3ccccc3)c2)n1. The first-order valence-corrected chi connectivity index (χ1v) is 9.67. The van der Waals surface area contributed by atoms with Crippen molar-refractivity contribution >= 4 is 23.9 Å². The predicted octanol–water partition coefficient (Wildman–Crippen LogP) is 4.13. The van der Waals surface area contributed by atoms with Crippen LogP contribution in [0.2, 0.25) is 0 Å². The number of nitrogens with zero attached hydrogens (tertiary/aromatic N) is 3. The van der Waals surface area contributed by atoms with E-state index >= 15 is 0 Å². The Hall–Kier alpha value is -3.19. The third-order valence-corrected chi connectivity index (χ3v) is 4.38. The molecule has 0 aliphatic carbocycles. The lowest BCUT2D eigenvalue weighted by Gasteiger charge is -2.05. The number of para-hydroxylation sites is 1. The highest BCUT2D eigenvalue weighted by molar-refractivity contribution is 7.99. The van der Waals surface area contributed by atoms with Crippen molar-refractivity contribution < 1.29 is 9.53 Å². The minimum absolute atomic E-state index is 0.192. The van der Waals surface area contributed by atoms with Crippen LogP contribution in [0.3, 0.4) is 0 Å². The van der Waals surface area contributed by atoms with Gasteiger partial charge in [-0.3, -0.25) is 4.79 Å². The van der Waals surface area contributed by atoms with Gasteiger partial charge in [-0.1, -0.05) is 42.1 Å². The highest BCUT2D eigenvalue weighted by atomic mass is 32.2. The summed E-state index contributed by atoms with van der Waals surface area (Å²) in [6.45, 7) is 3.80. The maximum Gasteiger partial charge on any atom is 0.250 e. The van der Waals surface area contributed by atoms with Crippen molar-refractivity contribution in [3.8, 4) is 11.5 Å². The molecule has 7 heteroatoms. The van der Waals surface area contributed by atoms with Crippen LogP contribution in [-0.4, -0.2) is 27.8 Å². The monoisotopic (exact) mass is 392 g/mol. The van der Waals surface area contributed by atoms with E-state index in [9.17, 15) is 4.79 Å². The van der Waals surface area contributed by atoms with E-state index in [1.54, 1.807) is 6.21 Å². The number of amides is 1. The lowest BCUT2D eigenvalue weighted by Crippen LogP contribution is -2.19. The van der Waals surface area contributed by atoms with Crippen molar-refractivity contribution in [2.45, 2.75) is 19.0 Å². The summed E-state index contributed by atoms with van der Waals surface area (Å²) in [6, 6.07) is 18.9. The number of carbonyl (C=O) groups is 1. The lowest BCUT2D eigenvalue weighted by molar-refractivity contribution is -0.118. The standard InChI is InChI=1S/C21H20N4O2S/c1-15-11-16(2)24-21(23-15)28-14-20(26)25-22-13-17-7-6-10-19(12-17)27-18-8-4-3-5-9-18/h3-13H,14H2,1-2H3,(H,25,26). The third kappa shape index (κ3) is 6.21. The van der Waals surface area contributed by atoms with E-state index in [1.807, 2.05) is 74.5 Å². The van der Waals surface area contributed by atoms with Crippen LogP contribution in [0, 0.1) is 13.8 Å². The molecule has 142 valence electrons. The predicted molar refractivity (Wildman–Crippen MR) is 111 cm³/mol. The largest absolute Gasteiger partial charge is 0.457 e. The summed E-state index contributed by atoms with van der Waals surface area (Å²) in [5.41, 5.74) is 5.09. The van der Waals surface area contributed by atoms with E-state index < -0.39 is 0 Å². The molecule has 28 heavy (non-hydrogen) atoms. The smallest absolute Gasteiger partial charge is 0.250 e. The Morgan fingerprint density at radius 3 is 2.50 bits per heavy atom. The fourth-order valence-electron chi connectivity index (χ4n) is 2.38. The quantitative estimate of drug-likeness (QED) is 0.283. The summed E-state index contributed by atoms with van der Waals surface area (Å²) >= 11 is 1.28. The molecule has 1 N–H and O–H groups in total. The Morgan fingerprint density at radius 1 is 1.04 bits per heavy atom. The van der Waals surface area contributed by atoms with Gasteiger partial charge in [0, 0.05) is 11.4 Å². The molecule has 0 saturated heterocycles. The van der Waals surface area contributed by atoms with Crippen LogP contribution in [0.4, 0.5) is 0 Å². The Labute approximate surface area is 168 Å². The van der Waals surface area contributed by atoms with Gasteiger partial charge in [-0.15, -0.1) is 0 Å². The van der Waals surface area contributed by atoms with Gasteiger partial charge in [0.25, 0.3) is 5.91 Å². The number of rotatable bonds is 7. The molecule has 3 rings (SSSR count). The van der Waals surface area contributed by atoms with E-state index in [1.165, 1.54) is 11.8 Å². The van der Waals surface area contributed by atoms with Gasteiger partial charge in [0.1, 0.15) is 11.5 Å². The zero-order valence-corrected chi connectivity index (χ0v) is 16.4. The zero-order valence-electron chi connectivity index (χ0n) is 15.6. The Bertz CT molecular complexity index is 957. The molecule has 0 bridgehead atoms. The van der Waals surface area contributed by atoms with Gasteiger partial charge in [0.15, 0.2) is 5.16 Å². The maximum absolute atomic E-state index is 12.0. The van der Waals surface area contributed by atoms with Crippen molar-refractivity contribution in [1.82, 2.24) is 15.4 Å². The number of hydrogen-bond donors (Lipinski definition) is 1. The zero-order chi connectivity index (χ0) is 19.8. The van der Waals surface area contributed by atoms with Crippen LogP contribution in [0.25, 0.3) is 0 Å². The first kappa shape index (κ1) is 19.6. The average molecular weight is 392 g/mol. The number of hydrogen-bond acceptors (Lipinski definition) is 6. The van der Waals surface area contributed by atoms with Crippen molar-refractivity contribution in [3.05, 3.63) is 77.6 Å². The summed E-state index contributed by atoms with van der Waals surface area (Å²) < 4.78 is 5.79. The molecule has 6 nitrogen and oxygen atoms in total. The summed E-state index contributed by atoms with van der Waals surface area (Å²) in [5, 5.41) is 4.59. The minimum atomic E-state index is -0.222. The number of benzene rings is 2. The topological polar surface area (TPSA) is 76.5 Å². The molecular formula is C21H20N4O2S. The van der Waals surface area contributed by atoms with Gasteiger partial charge < -0.3 is 4.74 Å². The molecule has 1 aromatic heterocycles. The van der Waals surface area contributed by atoms with E-state index in [4.69, 9.17) is 4.74 Å². The molecule has 0 spiro atoms. The summed E-state index contributed by atoms with van der Waals surface area (Å²) in [7, 11) is 0. The molecule has 0 atom stereocenters. The van der Waals surface area contributed by atoms with Gasteiger partial charge in [-0.05, 0) is 49.7 Å². The maximum atomic E-state index is 12.0. The lowest BCUT2D eigenvalue weighted by atomic mass is 10.2. The number of hydrazone groups is 1. The second-order valence-corrected chi connectivity index (χ2v) is 6.95. The van der Waals surface area contributed by atoms with Crippen LogP contribution in [-0.2, 0) is 4.79 Å². The van der Waals surface area contributed by atoms with Gasteiger partial charge in [0.05, 0.1) is 12.0 Å². The van der Waals surface area contributed by atoms with E-state index in [-0.39, 0.29) is 11.7 Å². The van der Waals surface area contributed by atoms with Gasteiger partial charge in [-0.2, -0.15) is 5.10 Å². The molecule has 0 aliphatic heterocycles. The van der Waals surface area contributed by atoms with Crippen LogP contribution in [0.15, 0.2) is 70.9 Å². The molecule has 0 fully saturated rings. The van der Waals surface area contributed by atoms with Gasteiger partial charge in [-0.25, -0.2) is 15.4 Å². The number of aromatic nitrogens is 2. The van der Waals surface area contributed by atoms with Gasteiger partial charge in [0.2, 0.25) is 0 Å². The highest BCUT2D eigenvalue weighted by Gasteiger charge is 2.05.